The lowest BCUT2D eigenvalue weighted by Crippen LogP contribution is -2.47. The van der Waals surface area contributed by atoms with Crippen LogP contribution >= 0.6 is 23.2 Å². The minimum atomic E-state index is -0.785. The Morgan fingerprint density at radius 1 is 1.06 bits per heavy atom. The molecule has 2 aliphatic rings. The van der Waals surface area contributed by atoms with E-state index in [1.807, 2.05) is 18.2 Å². The molecule has 1 atom stereocenters. The number of nitrogens with zero attached hydrogens (tertiary/aromatic N) is 2. The summed E-state index contributed by atoms with van der Waals surface area (Å²) in [6.07, 6.45) is 4.31. The predicted molar refractivity (Wildman–Crippen MR) is 134 cm³/mol. The molecule has 2 aromatic rings. The number of benzene rings is 2. The minimum absolute atomic E-state index is 0.147. The molecule has 2 N–H and O–H groups in total. The molecular weight excluding hydrogens is 476 g/mol. The van der Waals surface area contributed by atoms with Gasteiger partial charge in [-0.05, 0) is 86.5 Å². The van der Waals surface area contributed by atoms with Crippen molar-refractivity contribution in [3.05, 3.63) is 63.4 Å². The number of rotatable bonds is 8. The number of hydrogen-bond acceptors (Lipinski definition) is 4. The van der Waals surface area contributed by atoms with Crippen LogP contribution in [0.3, 0.4) is 0 Å². The third-order valence-corrected chi connectivity index (χ3v) is 7.33. The van der Waals surface area contributed by atoms with E-state index in [1.165, 1.54) is 18.9 Å². The molecule has 34 heavy (non-hydrogen) atoms. The van der Waals surface area contributed by atoms with Gasteiger partial charge in [0.1, 0.15) is 18.2 Å². The smallest absolute Gasteiger partial charge is 0.239 e. The van der Waals surface area contributed by atoms with Crippen LogP contribution in [0.5, 0.6) is 5.75 Å². The second-order valence-electron chi connectivity index (χ2n) is 9.23. The number of carbonyl (C=O) groups is 1. The zero-order chi connectivity index (χ0) is 24.1. The van der Waals surface area contributed by atoms with Gasteiger partial charge in [-0.3, -0.25) is 9.69 Å². The zero-order valence-electron chi connectivity index (χ0n) is 19.3. The SMILES string of the molecule is N[C@H](Cc1ccc(Cl)cc1F)C(=O)N1CCC(c2ccc(Cl)cc2OCCN2CCCC2)CC1. The molecular formula is C26H32Cl2FN3O2. The van der Waals surface area contributed by atoms with Gasteiger partial charge in [0.15, 0.2) is 0 Å². The van der Waals surface area contributed by atoms with Gasteiger partial charge in [0.25, 0.3) is 0 Å². The maximum absolute atomic E-state index is 14.1. The summed E-state index contributed by atoms with van der Waals surface area (Å²) in [5, 5.41) is 0.984. The highest BCUT2D eigenvalue weighted by Gasteiger charge is 2.29. The summed E-state index contributed by atoms with van der Waals surface area (Å²) in [5.74, 6) is 0.542. The molecule has 0 unspecified atom stereocenters. The van der Waals surface area contributed by atoms with E-state index in [9.17, 15) is 9.18 Å². The van der Waals surface area contributed by atoms with Gasteiger partial charge >= 0.3 is 0 Å². The predicted octanol–water partition coefficient (Wildman–Crippen LogP) is 4.88. The quantitative estimate of drug-likeness (QED) is 0.552. The van der Waals surface area contributed by atoms with E-state index in [4.69, 9.17) is 33.7 Å². The molecule has 184 valence electrons. The molecule has 8 heteroatoms. The number of nitrogens with two attached hydrogens (primary N) is 1. The number of ether oxygens (including phenoxy) is 1. The van der Waals surface area contributed by atoms with E-state index in [2.05, 4.69) is 4.90 Å². The molecule has 2 saturated heterocycles. The van der Waals surface area contributed by atoms with Gasteiger partial charge in [-0.15, -0.1) is 0 Å². The van der Waals surface area contributed by atoms with E-state index in [0.29, 0.717) is 35.3 Å². The van der Waals surface area contributed by atoms with E-state index in [1.54, 1.807) is 17.0 Å². The van der Waals surface area contributed by atoms with Crippen LogP contribution in [-0.4, -0.2) is 61.1 Å². The van der Waals surface area contributed by atoms with Crippen LogP contribution in [0.15, 0.2) is 36.4 Å². The van der Waals surface area contributed by atoms with Crippen molar-refractivity contribution in [2.24, 2.45) is 5.73 Å². The van der Waals surface area contributed by atoms with Gasteiger partial charge in [0.05, 0.1) is 6.04 Å². The van der Waals surface area contributed by atoms with Gasteiger partial charge in [0.2, 0.25) is 5.91 Å². The molecule has 0 radical (unpaired) electrons. The number of amides is 1. The van der Waals surface area contributed by atoms with Crippen molar-refractivity contribution < 1.29 is 13.9 Å². The van der Waals surface area contributed by atoms with E-state index in [-0.39, 0.29) is 18.2 Å². The molecule has 2 fully saturated rings. The Kier molecular flexibility index (Phi) is 8.70. The number of piperidine rings is 1. The van der Waals surface area contributed by atoms with Crippen LogP contribution in [0.4, 0.5) is 4.39 Å². The Morgan fingerprint density at radius 2 is 1.74 bits per heavy atom. The van der Waals surface area contributed by atoms with E-state index < -0.39 is 11.9 Å². The topological polar surface area (TPSA) is 58.8 Å². The number of likely N-dealkylation sites (tertiary alicyclic amines) is 2. The first-order valence-corrected chi connectivity index (χ1v) is 12.8. The van der Waals surface area contributed by atoms with Gasteiger partial charge in [0, 0.05) is 29.7 Å². The van der Waals surface area contributed by atoms with Gasteiger partial charge < -0.3 is 15.4 Å². The highest BCUT2D eigenvalue weighted by molar-refractivity contribution is 6.31. The lowest BCUT2D eigenvalue weighted by molar-refractivity contribution is -0.133. The molecule has 4 rings (SSSR count). The van der Waals surface area contributed by atoms with Crippen LogP contribution in [0.1, 0.15) is 42.7 Å². The molecule has 2 aliphatic heterocycles. The molecule has 2 aromatic carbocycles. The molecule has 0 aromatic heterocycles. The van der Waals surface area contributed by atoms with Crippen molar-refractivity contribution in [3.63, 3.8) is 0 Å². The van der Waals surface area contributed by atoms with Gasteiger partial charge in [-0.25, -0.2) is 4.39 Å². The molecule has 0 spiro atoms. The van der Waals surface area contributed by atoms with E-state index in [0.717, 1.165) is 43.8 Å². The fourth-order valence-corrected chi connectivity index (χ4v) is 5.24. The summed E-state index contributed by atoms with van der Waals surface area (Å²) in [7, 11) is 0. The summed E-state index contributed by atoms with van der Waals surface area (Å²) in [6.45, 7) is 5.06. The average Bonchev–Trinajstić information content (AvgIpc) is 3.34. The summed E-state index contributed by atoms with van der Waals surface area (Å²) in [4.78, 5) is 17.1. The molecule has 2 heterocycles. The maximum Gasteiger partial charge on any atom is 0.239 e. The van der Waals surface area contributed by atoms with E-state index >= 15 is 0 Å². The lowest BCUT2D eigenvalue weighted by Gasteiger charge is -2.34. The number of carbonyl (C=O) groups excluding carboxylic acids is 1. The standard InChI is InChI=1S/C26H32Cl2FN3O2/c27-20-4-3-19(23(29)16-20)15-24(30)26(33)32-11-7-18(8-12-32)22-6-5-21(28)17-25(22)34-14-13-31-9-1-2-10-31/h3-6,16-18,24H,1-2,7-15,30H2/t24-/m1/s1. The Bertz CT molecular complexity index is 992. The van der Waals surface area contributed by atoms with Crippen LogP contribution in [0, 0.1) is 5.82 Å². The van der Waals surface area contributed by atoms with Crippen molar-refractivity contribution in [1.29, 1.82) is 0 Å². The average molecular weight is 508 g/mol. The Hall–Kier alpha value is -1.86. The first kappa shape index (κ1) is 25.2. The van der Waals surface area contributed by atoms with Crippen molar-refractivity contribution in [1.82, 2.24) is 9.80 Å². The normalized spacial score (nSPS) is 18.3. The highest BCUT2D eigenvalue weighted by Crippen LogP contribution is 2.36. The molecule has 0 saturated carbocycles. The second kappa shape index (κ2) is 11.7. The van der Waals surface area contributed by atoms with Crippen LogP contribution in [-0.2, 0) is 11.2 Å². The summed E-state index contributed by atoms with van der Waals surface area (Å²) >= 11 is 12.1. The first-order chi connectivity index (χ1) is 16.4. The fraction of sp³-hybridized carbons (Fsp3) is 0.500. The largest absolute Gasteiger partial charge is 0.492 e. The lowest BCUT2D eigenvalue weighted by atomic mass is 9.88. The summed E-state index contributed by atoms with van der Waals surface area (Å²) in [6, 6.07) is 9.50. The van der Waals surface area contributed by atoms with Crippen LogP contribution in [0.2, 0.25) is 10.0 Å². The Morgan fingerprint density at radius 3 is 2.44 bits per heavy atom. The first-order valence-electron chi connectivity index (χ1n) is 12.0. The Labute approximate surface area is 210 Å². The summed E-state index contributed by atoms with van der Waals surface area (Å²) < 4.78 is 20.3. The third kappa shape index (κ3) is 6.42. The van der Waals surface area contributed by atoms with Crippen molar-refractivity contribution >= 4 is 29.1 Å². The highest BCUT2D eigenvalue weighted by atomic mass is 35.5. The van der Waals surface area contributed by atoms with Crippen LogP contribution < -0.4 is 10.5 Å². The van der Waals surface area contributed by atoms with Gasteiger partial charge in [-0.2, -0.15) is 0 Å². The maximum atomic E-state index is 14.1. The monoisotopic (exact) mass is 507 g/mol. The Balaban J connectivity index is 1.32. The summed E-state index contributed by atoms with van der Waals surface area (Å²) in [5.41, 5.74) is 7.69. The van der Waals surface area contributed by atoms with Gasteiger partial charge in [-0.1, -0.05) is 35.3 Å². The fourth-order valence-electron chi connectivity index (χ4n) is 4.92. The van der Waals surface area contributed by atoms with Crippen molar-refractivity contribution in [2.45, 2.75) is 44.1 Å². The minimum Gasteiger partial charge on any atom is -0.492 e. The molecule has 1 amide bonds. The molecule has 5 nitrogen and oxygen atoms in total. The van der Waals surface area contributed by atoms with Crippen LogP contribution in [0.25, 0.3) is 0 Å². The third-order valence-electron chi connectivity index (χ3n) is 6.86. The number of hydrogen-bond donors (Lipinski definition) is 1. The van der Waals surface area contributed by atoms with Crippen molar-refractivity contribution in [3.8, 4) is 5.75 Å². The van der Waals surface area contributed by atoms with Crippen molar-refractivity contribution in [2.75, 3.05) is 39.3 Å². The zero-order valence-corrected chi connectivity index (χ0v) is 20.8. The number of halogens is 3. The second-order valence-corrected chi connectivity index (χ2v) is 10.1. The molecule has 0 aliphatic carbocycles. The molecule has 0 bridgehead atoms.